The van der Waals surface area contributed by atoms with Crippen LogP contribution in [0.4, 0.5) is 0 Å². The third kappa shape index (κ3) is 2.98. The van der Waals surface area contributed by atoms with Crippen molar-refractivity contribution in [2.45, 2.75) is 72.1 Å². The molecule has 0 heterocycles. The summed E-state index contributed by atoms with van der Waals surface area (Å²) in [5, 5.41) is 7.42. The lowest BCUT2D eigenvalue weighted by Crippen LogP contribution is -2.50. The molecule has 0 aromatic rings. The monoisotopic (exact) mass is 346 g/mol. The summed E-state index contributed by atoms with van der Waals surface area (Å²) >= 11 is 0. The number of allylic oxidation sites excluding steroid dienone is 1. The topological polar surface area (TPSA) is 71.4 Å². The fourth-order valence-corrected chi connectivity index (χ4v) is 6.33. The number of carbonyl (C=O) groups is 3. The Morgan fingerprint density at radius 2 is 1.64 bits per heavy atom. The van der Waals surface area contributed by atoms with Crippen LogP contribution in [0.25, 0.3) is 0 Å². The predicted molar refractivity (Wildman–Crippen MR) is 95.0 cm³/mol. The van der Waals surface area contributed by atoms with E-state index < -0.39 is 5.97 Å². The number of rotatable bonds is 0. The normalized spacial score (nSPS) is 42.4. The minimum atomic E-state index is -0.833. The largest absolute Gasteiger partial charge is 0.481 e. The summed E-state index contributed by atoms with van der Waals surface area (Å²) in [5.74, 6) is 2.05. The summed E-state index contributed by atoms with van der Waals surface area (Å²) < 4.78 is 0. The van der Waals surface area contributed by atoms with Gasteiger partial charge in [-0.25, -0.2) is 0 Å². The molecule has 0 aromatic heterocycles. The van der Waals surface area contributed by atoms with Gasteiger partial charge in [0.25, 0.3) is 5.97 Å². The molecule has 5 atom stereocenters. The van der Waals surface area contributed by atoms with Gasteiger partial charge < -0.3 is 5.11 Å². The molecular formula is C21H30O4. The second-order valence-electron chi connectivity index (χ2n) is 8.91. The molecule has 25 heavy (non-hydrogen) atoms. The summed E-state index contributed by atoms with van der Waals surface area (Å²) in [6, 6.07) is 0. The van der Waals surface area contributed by atoms with Gasteiger partial charge in [0.15, 0.2) is 5.78 Å². The molecule has 0 unspecified atom stereocenters. The maximum Gasteiger partial charge on any atom is 0.300 e. The van der Waals surface area contributed by atoms with Crippen molar-refractivity contribution in [3.8, 4) is 0 Å². The lowest BCUT2D eigenvalue weighted by molar-refractivity contribution is -0.134. The van der Waals surface area contributed by atoms with Crippen LogP contribution in [-0.2, 0) is 14.4 Å². The molecule has 4 heteroatoms. The molecule has 4 aliphatic carbocycles. The number of aliphatic carboxylic acids is 1. The average molecular weight is 346 g/mol. The molecule has 0 bridgehead atoms. The van der Waals surface area contributed by atoms with Crippen LogP contribution in [0, 0.1) is 28.6 Å². The van der Waals surface area contributed by atoms with Gasteiger partial charge in [-0.1, -0.05) is 19.4 Å². The van der Waals surface area contributed by atoms with Gasteiger partial charge in [-0.2, -0.15) is 0 Å². The standard InChI is InChI=1S/C19H26O2.C2H4O2/c1-18-9-7-13(20)11-12(18)3-4-14-15-5-6-17(21)19(15,2)10-8-16(14)18;1-2(3)4/h11,14-16H,3-10H2,1-2H3;1H3,(H,3,4)/t14-,15-,16-,18-,19-;/m0./s1. The zero-order valence-electron chi connectivity index (χ0n) is 15.6. The van der Waals surface area contributed by atoms with E-state index in [1.165, 1.54) is 18.4 Å². The van der Waals surface area contributed by atoms with Crippen LogP contribution < -0.4 is 0 Å². The number of carboxylic acids is 1. The van der Waals surface area contributed by atoms with Gasteiger partial charge in [0.2, 0.25) is 0 Å². The minimum Gasteiger partial charge on any atom is -0.481 e. The first-order chi connectivity index (χ1) is 11.7. The summed E-state index contributed by atoms with van der Waals surface area (Å²) in [5.41, 5.74) is 1.64. The Hall–Kier alpha value is -1.45. The summed E-state index contributed by atoms with van der Waals surface area (Å²) in [6.07, 6.45) is 10.2. The van der Waals surface area contributed by atoms with Crippen LogP contribution in [0.2, 0.25) is 0 Å². The van der Waals surface area contributed by atoms with E-state index in [1.807, 2.05) is 6.08 Å². The van der Waals surface area contributed by atoms with Crippen LogP contribution >= 0.6 is 0 Å². The maximum absolute atomic E-state index is 12.4. The number of fused-ring (bicyclic) bond motifs is 5. The first-order valence-electron chi connectivity index (χ1n) is 9.65. The van der Waals surface area contributed by atoms with Crippen molar-refractivity contribution in [1.29, 1.82) is 0 Å². The quantitative estimate of drug-likeness (QED) is 0.714. The van der Waals surface area contributed by atoms with E-state index in [4.69, 9.17) is 9.90 Å². The molecule has 4 rings (SSSR count). The van der Waals surface area contributed by atoms with Crippen molar-refractivity contribution in [3.63, 3.8) is 0 Å². The zero-order valence-corrected chi connectivity index (χ0v) is 15.6. The van der Waals surface area contributed by atoms with Gasteiger partial charge in [-0.3, -0.25) is 14.4 Å². The van der Waals surface area contributed by atoms with Crippen LogP contribution in [0.1, 0.15) is 72.1 Å². The van der Waals surface area contributed by atoms with Crippen molar-refractivity contribution < 1.29 is 19.5 Å². The Labute approximate surface area is 150 Å². The van der Waals surface area contributed by atoms with Gasteiger partial charge in [0, 0.05) is 25.2 Å². The number of hydrogen-bond acceptors (Lipinski definition) is 3. The lowest BCUT2D eigenvalue weighted by Gasteiger charge is -2.56. The molecule has 0 aromatic carbocycles. The third-order valence-corrected chi connectivity index (χ3v) is 7.67. The fourth-order valence-electron chi connectivity index (χ4n) is 6.33. The smallest absolute Gasteiger partial charge is 0.300 e. The van der Waals surface area contributed by atoms with Crippen molar-refractivity contribution in [2.75, 3.05) is 0 Å². The molecule has 138 valence electrons. The second kappa shape index (κ2) is 6.37. The van der Waals surface area contributed by atoms with Crippen molar-refractivity contribution in [2.24, 2.45) is 28.6 Å². The number of carboxylic acid groups (broad SMARTS) is 1. The molecule has 1 N–H and O–H groups in total. The minimum absolute atomic E-state index is 0.0246. The number of ketones is 2. The van der Waals surface area contributed by atoms with E-state index in [0.717, 1.165) is 45.4 Å². The average Bonchev–Trinajstić information content (AvgIpc) is 2.83. The molecule has 0 aliphatic heterocycles. The third-order valence-electron chi connectivity index (χ3n) is 7.67. The zero-order chi connectivity index (χ0) is 18.4. The van der Waals surface area contributed by atoms with E-state index in [0.29, 0.717) is 29.3 Å². The van der Waals surface area contributed by atoms with Crippen LogP contribution in [0.15, 0.2) is 11.6 Å². The van der Waals surface area contributed by atoms with Gasteiger partial charge in [-0.05, 0) is 67.8 Å². The first kappa shape index (κ1) is 18.3. The van der Waals surface area contributed by atoms with Crippen molar-refractivity contribution in [3.05, 3.63) is 11.6 Å². The molecule has 0 radical (unpaired) electrons. The van der Waals surface area contributed by atoms with Gasteiger partial charge in [0.05, 0.1) is 0 Å². The molecule has 4 nitrogen and oxygen atoms in total. The predicted octanol–water partition coefficient (Wildman–Crippen LogP) is 4.18. The highest BCUT2D eigenvalue weighted by Gasteiger charge is 2.58. The van der Waals surface area contributed by atoms with E-state index >= 15 is 0 Å². The van der Waals surface area contributed by atoms with E-state index in [1.54, 1.807) is 0 Å². The number of hydrogen-bond donors (Lipinski definition) is 1. The molecule has 0 saturated heterocycles. The highest BCUT2D eigenvalue weighted by Crippen LogP contribution is 2.64. The SMILES string of the molecule is CC(=O)O.C[C@]12CCC(=O)C=C1CC[C@@H]1[C@@H]2CC[C@]2(C)C(=O)CC[C@@H]12. The second-order valence-corrected chi connectivity index (χ2v) is 8.91. The summed E-state index contributed by atoms with van der Waals surface area (Å²) in [4.78, 5) is 33.1. The van der Waals surface area contributed by atoms with Crippen molar-refractivity contribution in [1.82, 2.24) is 0 Å². The molecule has 0 spiro atoms. The number of Topliss-reactive ketones (excluding diaryl/α,β-unsaturated/α-hetero) is 1. The van der Waals surface area contributed by atoms with E-state index in [-0.39, 0.29) is 10.8 Å². The van der Waals surface area contributed by atoms with E-state index in [9.17, 15) is 9.59 Å². The van der Waals surface area contributed by atoms with Crippen LogP contribution in [0.5, 0.6) is 0 Å². The molecule has 4 aliphatic rings. The van der Waals surface area contributed by atoms with Crippen LogP contribution in [0.3, 0.4) is 0 Å². The highest BCUT2D eigenvalue weighted by molar-refractivity contribution is 5.91. The fraction of sp³-hybridized carbons (Fsp3) is 0.762. The number of carbonyl (C=O) groups excluding carboxylic acids is 2. The molecule has 3 saturated carbocycles. The van der Waals surface area contributed by atoms with Gasteiger partial charge in [-0.15, -0.1) is 0 Å². The maximum atomic E-state index is 12.4. The van der Waals surface area contributed by atoms with Crippen molar-refractivity contribution >= 4 is 17.5 Å². The Morgan fingerprint density at radius 3 is 2.32 bits per heavy atom. The highest BCUT2D eigenvalue weighted by atomic mass is 16.4. The molecular weight excluding hydrogens is 316 g/mol. The summed E-state index contributed by atoms with van der Waals surface area (Å²) in [6.45, 7) is 5.73. The summed E-state index contributed by atoms with van der Waals surface area (Å²) in [7, 11) is 0. The van der Waals surface area contributed by atoms with Gasteiger partial charge in [0.1, 0.15) is 5.78 Å². The lowest BCUT2D eigenvalue weighted by atomic mass is 9.47. The Morgan fingerprint density at radius 1 is 1.00 bits per heavy atom. The Balaban J connectivity index is 0.000000415. The van der Waals surface area contributed by atoms with E-state index in [2.05, 4.69) is 13.8 Å². The van der Waals surface area contributed by atoms with Gasteiger partial charge >= 0.3 is 0 Å². The molecule has 3 fully saturated rings. The Bertz CT molecular complexity index is 630. The first-order valence-corrected chi connectivity index (χ1v) is 9.65. The van der Waals surface area contributed by atoms with Crippen LogP contribution in [-0.4, -0.2) is 22.6 Å². The Kier molecular flexibility index (Phi) is 4.67. The molecule has 0 amide bonds.